The molecule has 0 atom stereocenters. The molecule has 0 saturated carbocycles. The lowest BCUT2D eigenvalue weighted by atomic mass is 10.0. The molecule has 0 unspecified atom stereocenters. The molecule has 5 nitrogen and oxygen atoms in total. The van der Waals surface area contributed by atoms with Crippen LogP contribution in [0.5, 0.6) is 0 Å². The first-order valence-corrected chi connectivity index (χ1v) is 17.2. The molecule has 0 bridgehead atoms. The summed E-state index contributed by atoms with van der Waals surface area (Å²) in [5.41, 5.74) is 11.2. The second-order valence-electron chi connectivity index (χ2n) is 13.0. The van der Waals surface area contributed by atoms with E-state index >= 15 is 0 Å². The lowest BCUT2D eigenvalue weighted by Gasteiger charge is -2.12. The van der Waals surface area contributed by atoms with E-state index in [1.807, 2.05) is 37.3 Å². The summed E-state index contributed by atoms with van der Waals surface area (Å²) in [6, 6.07) is 60.3. The Bertz CT molecular complexity index is 2920. The third-order valence-corrected chi connectivity index (χ3v) is 9.84. The summed E-state index contributed by atoms with van der Waals surface area (Å²) in [6.45, 7) is 1.92. The van der Waals surface area contributed by atoms with Gasteiger partial charge in [0.1, 0.15) is 5.82 Å². The molecule has 5 heteroatoms. The van der Waals surface area contributed by atoms with E-state index in [2.05, 4.69) is 154 Å². The van der Waals surface area contributed by atoms with E-state index in [1.165, 1.54) is 32.8 Å². The van der Waals surface area contributed by atoms with Crippen molar-refractivity contribution in [3.63, 3.8) is 0 Å². The largest absolute Gasteiger partial charge is 0.309 e. The highest BCUT2D eigenvalue weighted by molar-refractivity contribution is 6.11. The molecule has 51 heavy (non-hydrogen) atoms. The van der Waals surface area contributed by atoms with Gasteiger partial charge in [-0.15, -0.1) is 0 Å². The quantitative estimate of drug-likeness (QED) is 0.186. The normalized spacial score (nSPS) is 11.6. The summed E-state index contributed by atoms with van der Waals surface area (Å²) in [7, 11) is 0. The highest BCUT2D eigenvalue weighted by atomic mass is 15.0. The monoisotopic (exact) mass is 653 g/mol. The van der Waals surface area contributed by atoms with E-state index in [4.69, 9.17) is 9.97 Å². The van der Waals surface area contributed by atoms with Crippen LogP contribution in [-0.2, 0) is 0 Å². The fourth-order valence-corrected chi connectivity index (χ4v) is 7.55. The van der Waals surface area contributed by atoms with Crippen molar-refractivity contribution in [2.45, 2.75) is 6.92 Å². The number of rotatable bonds is 5. The van der Waals surface area contributed by atoms with Crippen LogP contribution in [0.1, 0.15) is 5.82 Å². The minimum absolute atomic E-state index is 0.672. The van der Waals surface area contributed by atoms with Crippen molar-refractivity contribution >= 4 is 43.6 Å². The van der Waals surface area contributed by atoms with Crippen LogP contribution in [0.3, 0.4) is 0 Å². The smallest absolute Gasteiger partial charge is 0.163 e. The standard InChI is InChI=1S/C46H31N5/c1-30-47-45(31-13-4-2-5-14-31)49-46(48-30)34-24-26-43-40(28-34)38-20-9-11-22-42(38)51(43)36-18-12-15-32(27-36)33-23-25-39-37-19-8-10-21-41(37)50(44(39)29-33)35-16-6-3-7-17-35/h2-29H,1H3. The molecule has 0 aliphatic heterocycles. The van der Waals surface area contributed by atoms with Crippen LogP contribution in [-0.4, -0.2) is 24.1 Å². The number of aromatic nitrogens is 5. The van der Waals surface area contributed by atoms with E-state index < -0.39 is 0 Å². The van der Waals surface area contributed by atoms with Crippen LogP contribution in [0.25, 0.3) is 88.9 Å². The Morgan fingerprint density at radius 2 is 0.863 bits per heavy atom. The van der Waals surface area contributed by atoms with Gasteiger partial charge >= 0.3 is 0 Å². The Hall–Kier alpha value is -6.85. The molecule has 7 aromatic carbocycles. The van der Waals surface area contributed by atoms with Crippen LogP contribution >= 0.6 is 0 Å². The molecule has 3 heterocycles. The highest BCUT2D eigenvalue weighted by Gasteiger charge is 2.17. The number of nitrogens with zero attached hydrogens (tertiary/aromatic N) is 5. The van der Waals surface area contributed by atoms with Crippen molar-refractivity contribution in [2.24, 2.45) is 0 Å². The van der Waals surface area contributed by atoms with Crippen molar-refractivity contribution in [1.29, 1.82) is 0 Å². The molecule has 0 amide bonds. The molecule has 0 fully saturated rings. The topological polar surface area (TPSA) is 48.5 Å². The van der Waals surface area contributed by atoms with Crippen molar-refractivity contribution in [1.82, 2.24) is 24.1 Å². The van der Waals surface area contributed by atoms with Gasteiger partial charge in [-0.3, -0.25) is 0 Å². The molecule has 0 aliphatic carbocycles. The summed E-state index contributed by atoms with van der Waals surface area (Å²) in [4.78, 5) is 14.3. The molecule has 0 aliphatic rings. The number of aryl methyl sites for hydroxylation is 1. The molecule has 3 aromatic heterocycles. The maximum absolute atomic E-state index is 4.90. The second-order valence-corrected chi connectivity index (χ2v) is 13.0. The first-order valence-electron chi connectivity index (χ1n) is 17.2. The average Bonchev–Trinajstić information content (AvgIpc) is 3.70. The van der Waals surface area contributed by atoms with Gasteiger partial charge in [0.05, 0.1) is 22.1 Å². The molecule has 0 saturated heterocycles. The third-order valence-electron chi connectivity index (χ3n) is 9.84. The van der Waals surface area contributed by atoms with E-state index in [-0.39, 0.29) is 0 Å². The van der Waals surface area contributed by atoms with Gasteiger partial charge in [-0.05, 0) is 78.7 Å². The number of hydrogen-bond acceptors (Lipinski definition) is 3. The van der Waals surface area contributed by atoms with Gasteiger partial charge in [-0.1, -0.05) is 109 Å². The molecule has 0 radical (unpaired) electrons. The SMILES string of the molecule is Cc1nc(-c2ccccc2)nc(-c2ccc3c(c2)c2ccccc2n3-c2cccc(-c3ccc4c5ccccc5n(-c5ccccc5)c4c3)c2)n1. The van der Waals surface area contributed by atoms with Crippen LogP contribution in [0.2, 0.25) is 0 Å². The number of hydrogen-bond donors (Lipinski definition) is 0. The second kappa shape index (κ2) is 11.6. The molecule has 0 N–H and O–H groups in total. The Labute approximate surface area is 294 Å². The summed E-state index contributed by atoms with van der Waals surface area (Å²) >= 11 is 0. The molecular weight excluding hydrogens is 623 g/mol. The maximum atomic E-state index is 4.90. The Morgan fingerprint density at radius 1 is 0.333 bits per heavy atom. The number of para-hydroxylation sites is 3. The molecule has 10 aromatic rings. The summed E-state index contributed by atoms with van der Waals surface area (Å²) in [5, 5.41) is 4.84. The molecule has 10 rings (SSSR count). The van der Waals surface area contributed by atoms with Gasteiger partial charge in [0.2, 0.25) is 0 Å². The van der Waals surface area contributed by atoms with Gasteiger partial charge in [-0.25, -0.2) is 15.0 Å². The lowest BCUT2D eigenvalue weighted by molar-refractivity contribution is 0.992. The van der Waals surface area contributed by atoms with Crippen LogP contribution in [0, 0.1) is 6.92 Å². The summed E-state index contributed by atoms with van der Waals surface area (Å²) in [6.07, 6.45) is 0. The first-order chi connectivity index (χ1) is 25.2. The van der Waals surface area contributed by atoms with E-state index in [1.54, 1.807) is 0 Å². The van der Waals surface area contributed by atoms with Crippen molar-refractivity contribution in [2.75, 3.05) is 0 Å². The van der Waals surface area contributed by atoms with Crippen LogP contribution < -0.4 is 0 Å². The van der Waals surface area contributed by atoms with Crippen LogP contribution in [0.15, 0.2) is 170 Å². The highest BCUT2D eigenvalue weighted by Crippen LogP contribution is 2.38. The maximum Gasteiger partial charge on any atom is 0.163 e. The third kappa shape index (κ3) is 4.82. The first kappa shape index (κ1) is 29.1. The van der Waals surface area contributed by atoms with E-state index in [0.29, 0.717) is 17.5 Å². The van der Waals surface area contributed by atoms with Gasteiger partial charge in [0.25, 0.3) is 0 Å². The minimum atomic E-state index is 0.672. The zero-order chi connectivity index (χ0) is 33.9. The predicted molar refractivity (Wildman–Crippen MR) is 210 cm³/mol. The van der Waals surface area contributed by atoms with Crippen molar-refractivity contribution in [3.8, 4) is 45.3 Å². The minimum Gasteiger partial charge on any atom is -0.309 e. The summed E-state index contributed by atoms with van der Waals surface area (Å²) < 4.78 is 4.74. The van der Waals surface area contributed by atoms with Gasteiger partial charge in [-0.2, -0.15) is 0 Å². The number of benzene rings is 7. The molecule has 0 spiro atoms. The zero-order valence-corrected chi connectivity index (χ0v) is 27.9. The van der Waals surface area contributed by atoms with Gasteiger partial charge in [0, 0.05) is 44.0 Å². The van der Waals surface area contributed by atoms with Gasteiger partial charge in [0.15, 0.2) is 11.6 Å². The average molecular weight is 654 g/mol. The van der Waals surface area contributed by atoms with E-state index in [9.17, 15) is 0 Å². The zero-order valence-electron chi connectivity index (χ0n) is 27.9. The Kier molecular flexibility index (Phi) is 6.64. The fraction of sp³-hybridized carbons (Fsp3) is 0.0217. The van der Waals surface area contributed by atoms with E-state index in [0.717, 1.165) is 44.5 Å². The van der Waals surface area contributed by atoms with Gasteiger partial charge < -0.3 is 9.13 Å². The van der Waals surface area contributed by atoms with Crippen LogP contribution in [0.4, 0.5) is 0 Å². The molecule has 240 valence electrons. The number of fused-ring (bicyclic) bond motifs is 6. The predicted octanol–water partition coefficient (Wildman–Crippen LogP) is 11.4. The van der Waals surface area contributed by atoms with Crippen molar-refractivity contribution in [3.05, 3.63) is 176 Å². The Balaban J connectivity index is 1.12. The molecular formula is C46H31N5. The Morgan fingerprint density at radius 3 is 1.63 bits per heavy atom. The van der Waals surface area contributed by atoms with Crippen molar-refractivity contribution < 1.29 is 0 Å². The fourth-order valence-electron chi connectivity index (χ4n) is 7.55. The summed E-state index contributed by atoms with van der Waals surface area (Å²) in [5.74, 6) is 2.05. The lowest BCUT2D eigenvalue weighted by Crippen LogP contribution is -1.99.